The Bertz CT molecular complexity index is 484. The van der Waals surface area contributed by atoms with Crippen LogP contribution in [-0.2, 0) is 0 Å². The first kappa shape index (κ1) is 11.8. The van der Waals surface area contributed by atoms with Gasteiger partial charge in [-0.25, -0.2) is 4.98 Å². The molecule has 1 aromatic carbocycles. The molecule has 0 saturated heterocycles. The van der Waals surface area contributed by atoms with Gasteiger partial charge in [0, 0.05) is 5.92 Å². The van der Waals surface area contributed by atoms with Crippen LogP contribution in [0.1, 0.15) is 48.6 Å². The van der Waals surface area contributed by atoms with Gasteiger partial charge in [0.1, 0.15) is 5.82 Å². The summed E-state index contributed by atoms with van der Waals surface area (Å²) in [7, 11) is 0. The largest absolute Gasteiger partial charge is 0.318 e. The fraction of sp³-hybridized carbons (Fsp3) is 0.385. The lowest BCUT2D eigenvalue weighted by Crippen LogP contribution is -2.13. The molecule has 0 aliphatic carbocycles. The average molecular weight is 230 g/mol. The summed E-state index contributed by atoms with van der Waals surface area (Å²) in [5.41, 5.74) is 8.41. The third-order valence-corrected chi connectivity index (χ3v) is 2.77. The summed E-state index contributed by atoms with van der Waals surface area (Å²) in [4.78, 5) is 4.42. The van der Waals surface area contributed by atoms with Crippen molar-refractivity contribution in [3.63, 3.8) is 0 Å². The Kier molecular flexibility index (Phi) is 3.24. The van der Waals surface area contributed by atoms with Crippen LogP contribution in [0.3, 0.4) is 0 Å². The number of nitrogens with two attached hydrogens (primary N) is 1. The minimum Gasteiger partial charge on any atom is -0.318 e. The molecule has 0 unspecified atom stereocenters. The molecule has 4 nitrogen and oxygen atoms in total. The molecule has 0 aliphatic rings. The molecule has 4 heteroatoms. The Morgan fingerprint density at radius 1 is 1.18 bits per heavy atom. The minimum absolute atomic E-state index is 0.240. The first-order valence-electron chi connectivity index (χ1n) is 5.82. The molecule has 0 fully saturated rings. The highest BCUT2D eigenvalue weighted by Crippen LogP contribution is 2.18. The Morgan fingerprint density at radius 2 is 1.82 bits per heavy atom. The lowest BCUT2D eigenvalue weighted by Gasteiger charge is -2.08. The molecule has 2 rings (SSSR count). The van der Waals surface area contributed by atoms with E-state index in [2.05, 4.69) is 48.1 Å². The van der Waals surface area contributed by atoms with Crippen LogP contribution in [0.4, 0.5) is 0 Å². The van der Waals surface area contributed by atoms with E-state index in [1.54, 1.807) is 0 Å². The number of benzene rings is 1. The van der Waals surface area contributed by atoms with Crippen molar-refractivity contribution in [2.45, 2.75) is 32.7 Å². The number of aromatic nitrogens is 3. The quantitative estimate of drug-likeness (QED) is 0.850. The van der Waals surface area contributed by atoms with Crippen LogP contribution in [0.25, 0.3) is 0 Å². The van der Waals surface area contributed by atoms with Crippen molar-refractivity contribution in [1.29, 1.82) is 0 Å². The predicted molar refractivity (Wildman–Crippen MR) is 67.7 cm³/mol. The summed E-state index contributed by atoms with van der Waals surface area (Å²) >= 11 is 0. The molecular weight excluding hydrogens is 212 g/mol. The normalized spacial score (nSPS) is 13.0. The second-order valence-electron chi connectivity index (χ2n) is 4.62. The van der Waals surface area contributed by atoms with E-state index in [9.17, 15) is 0 Å². The molecule has 0 spiro atoms. The van der Waals surface area contributed by atoms with Crippen LogP contribution >= 0.6 is 0 Å². The van der Waals surface area contributed by atoms with Crippen LogP contribution in [0.5, 0.6) is 0 Å². The molecular formula is C13H18N4. The van der Waals surface area contributed by atoms with E-state index in [0.717, 1.165) is 17.2 Å². The van der Waals surface area contributed by atoms with E-state index in [1.165, 1.54) is 5.56 Å². The number of rotatable bonds is 3. The van der Waals surface area contributed by atoms with Crippen LogP contribution < -0.4 is 5.73 Å². The first-order valence-corrected chi connectivity index (χ1v) is 5.82. The maximum atomic E-state index is 6.15. The van der Waals surface area contributed by atoms with Gasteiger partial charge >= 0.3 is 0 Å². The van der Waals surface area contributed by atoms with Gasteiger partial charge < -0.3 is 5.73 Å². The second-order valence-corrected chi connectivity index (χ2v) is 4.62. The number of H-pyrrole nitrogens is 1. The van der Waals surface area contributed by atoms with Gasteiger partial charge in [0.25, 0.3) is 0 Å². The van der Waals surface area contributed by atoms with E-state index in [0.29, 0.717) is 5.92 Å². The van der Waals surface area contributed by atoms with E-state index in [-0.39, 0.29) is 6.04 Å². The zero-order valence-electron chi connectivity index (χ0n) is 10.4. The van der Waals surface area contributed by atoms with E-state index in [4.69, 9.17) is 5.73 Å². The maximum absolute atomic E-state index is 6.15. The highest BCUT2D eigenvalue weighted by Gasteiger charge is 2.14. The molecule has 1 aromatic heterocycles. The van der Waals surface area contributed by atoms with Gasteiger partial charge in [-0.3, -0.25) is 5.10 Å². The number of aryl methyl sites for hydroxylation is 1. The van der Waals surface area contributed by atoms with Crippen LogP contribution in [0, 0.1) is 6.92 Å². The van der Waals surface area contributed by atoms with E-state index < -0.39 is 0 Å². The Balaban J connectivity index is 2.24. The topological polar surface area (TPSA) is 67.6 Å². The van der Waals surface area contributed by atoms with Crippen molar-refractivity contribution in [2.24, 2.45) is 5.73 Å². The Morgan fingerprint density at radius 3 is 2.35 bits per heavy atom. The third kappa shape index (κ3) is 2.53. The van der Waals surface area contributed by atoms with Gasteiger partial charge in [0.15, 0.2) is 5.82 Å². The lowest BCUT2D eigenvalue weighted by atomic mass is 10.1. The molecule has 1 atom stereocenters. The van der Waals surface area contributed by atoms with Crippen molar-refractivity contribution in [2.75, 3.05) is 0 Å². The summed E-state index contributed by atoms with van der Waals surface area (Å²) < 4.78 is 0. The molecule has 3 N–H and O–H groups in total. The molecule has 1 heterocycles. The number of hydrogen-bond donors (Lipinski definition) is 2. The molecule has 90 valence electrons. The molecule has 0 radical (unpaired) electrons. The number of nitrogens with one attached hydrogen (secondary N) is 1. The molecule has 0 aliphatic heterocycles. The van der Waals surface area contributed by atoms with Crippen LogP contribution in [0.2, 0.25) is 0 Å². The van der Waals surface area contributed by atoms with Crippen molar-refractivity contribution < 1.29 is 0 Å². The standard InChI is InChI=1S/C13H18N4/c1-8(2)12-15-13(17-16-12)11(14)10-6-4-9(3)5-7-10/h4-8,11H,14H2,1-3H3,(H,15,16,17)/t11-/m0/s1. The summed E-state index contributed by atoms with van der Waals surface area (Å²) in [5.74, 6) is 1.84. The van der Waals surface area contributed by atoms with Crippen molar-refractivity contribution in [3.8, 4) is 0 Å². The van der Waals surface area contributed by atoms with Gasteiger partial charge in [-0.15, -0.1) is 0 Å². The fourth-order valence-corrected chi connectivity index (χ4v) is 1.62. The van der Waals surface area contributed by atoms with Crippen LogP contribution in [-0.4, -0.2) is 15.2 Å². The highest BCUT2D eigenvalue weighted by molar-refractivity contribution is 5.27. The van der Waals surface area contributed by atoms with Gasteiger partial charge in [0.2, 0.25) is 0 Å². The van der Waals surface area contributed by atoms with Gasteiger partial charge in [-0.1, -0.05) is 43.7 Å². The number of aromatic amines is 1. The summed E-state index contributed by atoms with van der Waals surface area (Å²) in [5, 5.41) is 7.08. The van der Waals surface area contributed by atoms with E-state index in [1.807, 2.05) is 12.1 Å². The molecule has 0 bridgehead atoms. The van der Waals surface area contributed by atoms with Gasteiger partial charge in [-0.2, -0.15) is 5.10 Å². The molecule has 0 saturated carbocycles. The highest BCUT2D eigenvalue weighted by atomic mass is 15.2. The summed E-state index contributed by atoms with van der Waals surface area (Å²) in [6.45, 7) is 6.18. The van der Waals surface area contributed by atoms with Crippen molar-refractivity contribution in [1.82, 2.24) is 15.2 Å². The Hall–Kier alpha value is -1.68. The predicted octanol–water partition coefficient (Wildman–Crippen LogP) is 2.28. The van der Waals surface area contributed by atoms with E-state index >= 15 is 0 Å². The monoisotopic (exact) mass is 230 g/mol. The number of hydrogen-bond acceptors (Lipinski definition) is 3. The van der Waals surface area contributed by atoms with Gasteiger partial charge in [-0.05, 0) is 12.5 Å². The molecule has 17 heavy (non-hydrogen) atoms. The zero-order valence-corrected chi connectivity index (χ0v) is 10.4. The molecule has 2 aromatic rings. The Labute approximate surface area is 101 Å². The number of nitrogens with zero attached hydrogens (tertiary/aromatic N) is 2. The van der Waals surface area contributed by atoms with Crippen molar-refractivity contribution >= 4 is 0 Å². The average Bonchev–Trinajstić information content (AvgIpc) is 2.78. The maximum Gasteiger partial charge on any atom is 0.153 e. The molecule has 0 amide bonds. The summed E-state index contributed by atoms with van der Waals surface area (Å²) in [6.07, 6.45) is 0. The third-order valence-electron chi connectivity index (χ3n) is 2.77. The minimum atomic E-state index is -0.240. The second kappa shape index (κ2) is 4.67. The SMILES string of the molecule is Cc1ccc([C@H](N)c2nc(C(C)C)n[nH]2)cc1. The first-order chi connectivity index (χ1) is 8.08. The van der Waals surface area contributed by atoms with Crippen molar-refractivity contribution in [3.05, 3.63) is 47.0 Å². The fourth-order valence-electron chi connectivity index (χ4n) is 1.62. The summed E-state index contributed by atoms with van der Waals surface area (Å²) in [6, 6.07) is 7.91. The smallest absolute Gasteiger partial charge is 0.153 e. The van der Waals surface area contributed by atoms with Gasteiger partial charge in [0.05, 0.1) is 6.04 Å². The van der Waals surface area contributed by atoms with Crippen LogP contribution in [0.15, 0.2) is 24.3 Å². The lowest BCUT2D eigenvalue weighted by molar-refractivity contribution is 0.773. The zero-order chi connectivity index (χ0) is 12.4.